The molecule has 0 saturated carbocycles. The Morgan fingerprint density at radius 1 is 0.657 bits per heavy atom. The van der Waals surface area contributed by atoms with E-state index in [0.29, 0.717) is 24.9 Å². The summed E-state index contributed by atoms with van der Waals surface area (Å²) in [7, 11) is 0. The van der Waals surface area contributed by atoms with Crippen molar-refractivity contribution in [2.75, 3.05) is 4.90 Å². The standard InChI is InChI=1S/C26H21NO8/c28-22(13-23(29)26(34)35)20-2-1-3-21(12-20)27(14-16-4-8-18(9-5-16)24(30)31)15-17-6-10-19(11-7-17)25(32)33/h1-13,28H,14-15H2,(H,30,31)(H,32,33)(H,34,35)/b22-13-. The van der Waals surface area contributed by atoms with Crippen molar-refractivity contribution in [2.45, 2.75) is 13.1 Å². The molecule has 0 aliphatic carbocycles. The summed E-state index contributed by atoms with van der Waals surface area (Å²) in [6.07, 6.45) is 0.626. The molecule has 0 atom stereocenters. The number of carboxylic acid groups (broad SMARTS) is 3. The minimum atomic E-state index is -1.69. The highest BCUT2D eigenvalue weighted by Gasteiger charge is 2.14. The van der Waals surface area contributed by atoms with Crippen molar-refractivity contribution in [3.8, 4) is 0 Å². The van der Waals surface area contributed by atoms with E-state index in [0.717, 1.165) is 11.1 Å². The van der Waals surface area contributed by atoms with Crippen LogP contribution in [0.25, 0.3) is 5.76 Å². The van der Waals surface area contributed by atoms with Crippen molar-refractivity contribution in [1.29, 1.82) is 0 Å². The molecular formula is C26H21NO8. The van der Waals surface area contributed by atoms with Crippen LogP contribution in [0.4, 0.5) is 5.69 Å². The summed E-state index contributed by atoms with van der Waals surface area (Å²) >= 11 is 0. The van der Waals surface area contributed by atoms with Gasteiger partial charge in [0, 0.05) is 30.4 Å². The van der Waals surface area contributed by atoms with E-state index in [2.05, 4.69) is 0 Å². The zero-order valence-electron chi connectivity index (χ0n) is 18.3. The number of aromatic carboxylic acids is 2. The summed E-state index contributed by atoms with van der Waals surface area (Å²) in [6.45, 7) is 0.672. The van der Waals surface area contributed by atoms with Gasteiger partial charge in [-0.05, 0) is 47.5 Å². The summed E-state index contributed by atoms with van der Waals surface area (Å²) in [4.78, 5) is 46.4. The van der Waals surface area contributed by atoms with Crippen LogP contribution in [0.5, 0.6) is 0 Å². The van der Waals surface area contributed by atoms with Crippen LogP contribution in [0.1, 0.15) is 37.4 Å². The Hall–Kier alpha value is -4.92. The van der Waals surface area contributed by atoms with Gasteiger partial charge in [0.2, 0.25) is 0 Å². The lowest BCUT2D eigenvalue weighted by molar-refractivity contribution is -0.146. The number of aliphatic carboxylic acids is 1. The van der Waals surface area contributed by atoms with Crippen LogP contribution in [-0.2, 0) is 22.7 Å². The largest absolute Gasteiger partial charge is 0.507 e. The molecule has 0 aliphatic rings. The number of aliphatic hydroxyl groups excluding tert-OH is 1. The lowest BCUT2D eigenvalue weighted by atomic mass is 10.1. The van der Waals surface area contributed by atoms with E-state index in [1.54, 1.807) is 42.5 Å². The van der Waals surface area contributed by atoms with Gasteiger partial charge < -0.3 is 25.3 Å². The third kappa shape index (κ3) is 6.55. The van der Waals surface area contributed by atoms with E-state index >= 15 is 0 Å². The highest BCUT2D eigenvalue weighted by atomic mass is 16.4. The highest BCUT2D eigenvalue weighted by molar-refractivity contribution is 6.38. The number of carboxylic acids is 3. The molecule has 0 bridgehead atoms. The maximum absolute atomic E-state index is 11.4. The van der Waals surface area contributed by atoms with Crippen molar-refractivity contribution in [3.63, 3.8) is 0 Å². The number of anilines is 1. The molecule has 0 saturated heterocycles. The lowest BCUT2D eigenvalue weighted by Crippen LogP contribution is -2.22. The van der Waals surface area contributed by atoms with Crippen molar-refractivity contribution >= 4 is 35.1 Å². The molecule has 3 aromatic rings. The van der Waals surface area contributed by atoms with Crippen LogP contribution < -0.4 is 4.90 Å². The van der Waals surface area contributed by atoms with E-state index in [9.17, 15) is 24.3 Å². The molecule has 35 heavy (non-hydrogen) atoms. The van der Waals surface area contributed by atoms with Crippen LogP contribution in [0.15, 0.2) is 78.9 Å². The van der Waals surface area contributed by atoms with Crippen LogP contribution in [0.2, 0.25) is 0 Å². The van der Waals surface area contributed by atoms with Gasteiger partial charge in [0.15, 0.2) is 0 Å². The molecule has 4 N–H and O–H groups in total. The molecule has 9 heteroatoms. The van der Waals surface area contributed by atoms with Crippen molar-refractivity contribution in [3.05, 3.63) is 107 Å². The monoisotopic (exact) mass is 475 g/mol. The number of rotatable bonds is 10. The summed E-state index contributed by atoms with van der Waals surface area (Å²) in [5.41, 5.74) is 2.72. The summed E-state index contributed by atoms with van der Waals surface area (Å²) in [5.74, 6) is -5.54. The zero-order chi connectivity index (χ0) is 25.5. The summed E-state index contributed by atoms with van der Waals surface area (Å²) < 4.78 is 0. The second-order valence-electron chi connectivity index (χ2n) is 7.61. The predicted molar refractivity (Wildman–Crippen MR) is 126 cm³/mol. The summed E-state index contributed by atoms with van der Waals surface area (Å²) in [5, 5.41) is 37.3. The van der Waals surface area contributed by atoms with Crippen LogP contribution in [-0.4, -0.2) is 44.1 Å². The number of hydrogen-bond donors (Lipinski definition) is 4. The number of ketones is 1. The Kier molecular flexibility index (Phi) is 7.63. The van der Waals surface area contributed by atoms with Crippen molar-refractivity contribution in [2.24, 2.45) is 0 Å². The maximum atomic E-state index is 11.4. The van der Waals surface area contributed by atoms with E-state index in [-0.39, 0.29) is 16.7 Å². The molecule has 0 unspecified atom stereocenters. The quantitative estimate of drug-likeness (QED) is 0.195. The third-order valence-corrected chi connectivity index (χ3v) is 5.13. The van der Waals surface area contributed by atoms with Gasteiger partial charge in [-0.15, -0.1) is 0 Å². The number of nitrogens with zero attached hydrogens (tertiary/aromatic N) is 1. The third-order valence-electron chi connectivity index (χ3n) is 5.13. The first-order valence-corrected chi connectivity index (χ1v) is 10.3. The van der Waals surface area contributed by atoms with Crippen molar-refractivity contribution < 1.29 is 39.6 Å². The molecule has 3 aromatic carbocycles. The Morgan fingerprint density at radius 3 is 1.57 bits per heavy atom. The molecule has 0 aromatic heterocycles. The molecule has 3 rings (SSSR count). The molecule has 0 spiro atoms. The molecule has 0 radical (unpaired) electrons. The lowest BCUT2D eigenvalue weighted by Gasteiger charge is -2.26. The Balaban J connectivity index is 1.95. The summed E-state index contributed by atoms with van der Waals surface area (Å²) in [6, 6.07) is 19.1. The topological polar surface area (TPSA) is 152 Å². The maximum Gasteiger partial charge on any atom is 0.376 e. The van der Waals surface area contributed by atoms with Gasteiger partial charge in [0.25, 0.3) is 5.78 Å². The zero-order valence-corrected chi connectivity index (χ0v) is 18.3. The number of aliphatic hydroxyl groups is 1. The molecular weight excluding hydrogens is 454 g/mol. The fourth-order valence-corrected chi connectivity index (χ4v) is 3.32. The van der Waals surface area contributed by atoms with Crippen LogP contribution in [0.3, 0.4) is 0 Å². The number of carbonyl (C=O) groups excluding carboxylic acids is 1. The van der Waals surface area contributed by atoms with E-state index in [1.165, 1.54) is 30.3 Å². The average molecular weight is 475 g/mol. The minimum Gasteiger partial charge on any atom is -0.507 e. The van der Waals surface area contributed by atoms with Gasteiger partial charge in [-0.2, -0.15) is 0 Å². The second-order valence-corrected chi connectivity index (χ2v) is 7.61. The average Bonchev–Trinajstić information content (AvgIpc) is 2.84. The number of benzene rings is 3. The Morgan fingerprint density at radius 2 is 1.14 bits per heavy atom. The Labute approximate surface area is 199 Å². The molecule has 0 aliphatic heterocycles. The first-order valence-electron chi connectivity index (χ1n) is 10.3. The van der Waals surface area contributed by atoms with Gasteiger partial charge in [-0.3, -0.25) is 4.79 Å². The minimum absolute atomic E-state index is 0.143. The fraction of sp³-hybridized carbons (Fsp3) is 0.0769. The molecule has 178 valence electrons. The smallest absolute Gasteiger partial charge is 0.376 e. The second kappa shape index (κ2) is 10.8. The SMILES string of the molecule is O=C(O)C(=O)/C=C(\O)c1cccc(N(Cc2ccc(C(=O)O)cc2)Cc2ccc(C(=O)O)cc2)c1. The highest BCUT2D eigenvalue weighted by Crippen LogP contribution is 2.24. The Bertz CT molecular complexity index is 1230. The first kappa shape index (κ1) is 24.7. The van der Waals surface area contributed by atoms with E-state index in [4.69, 9.17) is 15.3 Å². The van der Waals surface area contributed by atoms with E-state index < -0.39 is 29.5 Å². The fourth-order valence-electron chi connectivity index (χ4n) is 3.32. The van der Waals surface area contributed by atoms with E-state index in [1.807, 2.05) is 4.90 Å². The first-order chi connectivity index (χ1) is 16.6. The number of carbonyl (C=O) groups is 4. The van der Waals surface area contributed by atoms with Crippen LogP contribution >= 0.6 is 0 Å². The molecule has 0 heterocycles. The predicted octanol–water partition coefficient (Wildman–Crippen LogP) is 3.84. The number of hydrogen-bond acceptors (Lipinski definition) is 6. The van der Waals surface area contributed by atoms with Gasteiger partial charge in [0.05, 0.1) is 11.1 Å². The van der Waals surface area contributed by atoms with Crippen LogP contribution in [0, 0.1) is 0 Å². The van der Waals surface area contributed by atoms with Crippen molar-refractivity contribution in [1.82, 2.24) is 0 Å². The van der Waals surface area contributed by atoms with Gasteiger partial charge in [-0.25, -0.2) is 14.4 Å². The molecule has 0 fully saturated rings. The molecule has 9 nitrogen and oxygen atoms in total. The molecule has 0 amide bonds. The van der Waals surface area contributed by atoms with Gasteiger partial charge in [0.1, 0.15) is 5.76 Å². The van der Waals surface area contributed by atoms with Gasteiger partial charge >= 0.3 is 17.9 Å². The normalized spacial score (nSPS) is 11.0. The van der Waals surface area contributed by atoms with Gasteiger partial charge in [-0.1, -0.05) is 36.4 Å².